The van der Waals surface area contributed by atoms with Crippen LogP contribution in [0, 0.1) is 5.82 Å². The van der Waals surface area contributed by atoms with Crippen LogP contribution in [0.2, 0.25) is 0 Å². The van der Waals surface area contributed by atoms with E-state index in [0.717, 1.165) is 0 Å². The summed E-state index contributed by atoms with van der Waals surface area (Å²) in [5.41, 5.74) is 5.22. The molecule has 90 valence electrons. The van der Waals surface area contributed by atoms with Crippen LogP contribution in [0.15, 0.2) is 12.1 Å². The number of carbonyl (C=O) groups is 2. The molecule has 0 radical (unpaired) electrons. The molecule has 0 aromatic heterocycles. The maximum Gasteiger partial charge on any atom is 0.251 e. The monoisotopic (exact) mass is 236 g/mol. The Bertz CT molecular complexity index is 538. The lowest BCUT2D eigenvalue weighted by Crippen LogP contribution is -2.33. The lowest BCUT2D eigenvalue weighted by molar-refractivity contribution is -0.121. The number of primary amides is 1. The van der Waals surface area contributed by atoms with Crippen molar-refractivity contribution in [3.63, 3.8) is 0 Å². The third-order valence-electron chi connectivity index (χ3n) is 3.22. The minimum atomic E-state index is -0.837. The Morgan fingerprint density at radius 2 is 2.00 bits per heavy atom. The molecule has 0 saturated heterocycles. The molecule has 2 N–H and O–H groups in total. The Morgan fingerprint density at radius 3 is 2.53 bits per heavy atom. The highest BCUT2D eigenvalue weighted by Gasteiger charge is 2.43. The van der Waals surface area contributed by atoms with Crippen molar-refractivity contribution in [3.8, 4) is 0 Å². The summed E-state index contributed by atoms with van der Waals surface area (Å²) in [7, 11) is 1.60. The van der Waals surface area contributed by atoms with Gasteiger partial charge in [0.05, 0.1) is 11.0 Å². The van der Waals surface area contributed by atoms with Gasteiger partial charge in [-0.2, -0.15) is 0 Å². The van der Waals surface area contributed by atoms with E-state index < -0.39 is 17.1 Å². The Kier molecular flexibility index (Phi) is 2.24. The van der Waals surface area contributed by atoms with Crippen molar-refractivity contribution >= 4 is 17.5 Å². The van der Waals surface area contributed by atoms with Gasteiger partial charge in [-0.05, 0) is 31.5 Å². The third-order valence-corrected chi connectivity index (χ3v) is 3.22. The van der Waals surface area contributed by atoms with Gasteiger partial charge in [0.2, 0.25) is 5.91 Å². The van der Waals surface area contributed by atoms with Crippen molar-refractivity contribution in [1.82, 2.24) is 0 Å². The van der Waals surface area contributed by atoms with E-state index in [0.29, 0.717) is 11.3 Å². The van der Waals surface area contributed by atoms with Crippen molar-refractivity contribution < 1.29 is 14.0 Å². The minimum absolute atomic E-state index is 0.131. The number of carbonyl (C=O) groups excluding carboxylic acids is 2. The highest BCUT2D eigenvalue weighted by molar-refractivity contribution is 6.08. The van der Waals surface area contributed by atoms with Gasteiger partial charge in [-0.3, -0.25) is 9.59 Å². The predicted octanol–water partition coefficient (Wildman–Crippen LogP) is 1.18. The first-order valence-electron chi connectivity index (χ1n) is 5.19. The molecule has 1 heterocycles. The zero-order chi connectivity index (χ0) is 13.0. The summed E-state index contributed by atoms with van der Waals surface area (Å²) in [4.78, 5) is 24.4. The number of likely N-dealkylation sites (N-methyl/N-ethyl adjacent to an activating group) is 1. The van der Waals surface area contributed by atoms with Crippen LogP contribution in [0.3, 0.4) is 0 Å². The van der Waals surface area contributed by atoms with Crippen LogP contribution in [-0.2, 0) is 10.2 Å². The number of nitrogens with two attached hydrogens (primary N) is 1. The van der Waals surface area contributed by atoms with Crippen molar-refractivity contribution in [2.24, 2.45) is 5.73 Å². The van der Waals surface area contributed by atoms with E-state index in [1.165, 1.54) is 17.0 Å². The summed E-state index contributed by atoms with van der Waals surface area (Å²) in [6.07, 6.45) is 0. The van der Waals surface area contributed by atoms with Crippen LogP contribution < -0.4 is 10.6 Å². The topological polar surface area (TPSA) is 63.4 Å². The van der Waals surface area contributed by atoms with Gasteiger partial charge in [0.15, 0.2) is 0 Å². The normalized spacial score (nSPS) is 17.2. The van der Waals surface area contributed by atoms with Crippen molar-refractivity contribution in [1.29, 1.82) is 0 Å². The van der Waals surface area contributed by atoms with Crippen molar-refractivity contribution in [3.05, 3.63) is 29.1 Å². The summed E-state index contributed by atoms with van der Waals surface area (Å²) in [5.74, 6) is -1.66. The molecule has 0 fully saturated rings. The molecule has 0 spiro atoms. The fourth-order valence-electron chi connectivity index (χ4n) is 2.17. The Balaban J connectivity index is 2.72. The van der Waals surface area contributed by atoms with Gasteiger partial charge in [-0.25, -0.2) is 4.39 Å². The average molecular weight is 236 g/mol. The van der Waals surface area contributed by atoms with E-state index in [9.17, 15) is 14.0 Å². The van der Waals surface area contributed by atoms with Crippen molar-refractivity contribution in [2.75, 3.05) is 11.9 Å². The number of hydrogen-bond acceptors (Lipinski definition) is 2. The molecule has 2 amide bonds. The summed E-state index contributed by atoms with van der Waals surface area (Å²) in [6, 6.07) is 2.55. The molecule has 1 aliphatic rings. The molecule has 2 rings (SSSR count). The van der Waals surface area contributed by atoms with Gasteiger partial charge in [0.1, 0.15) is 5.82 Å². The van der Waals surface area contributed by atoms with E-state index in [4.69, 9.17) is 5.73 Å². The number of benzene rings is 1. The molecule has 1 aromatic carbocycles. The van der Waals surface area contributed by atoms with E-state index >= 15 is 0 Å². The van der Waals surface area contributed by atoms with Gasteiger partial charge < -0.3 is 10.6 Å². The van der Waals surface area contributed by atoms with Crippen molar-refractivity contribution in [2.45, 2.75) is 19.3 Å². The van der Waals surface area contributed by atoms with Gasteiger partial charge in [0, 0.05) is 12.7 Å². The number of halogens is 1. The maximum absolute atomic E-state index is 13.7. The molecule has 5 heteroatoms. The van der Waals surface area contributed by atoms with E-state index in [-0.39, 0.29) is 11.5 Å². The fourth-order valence-corrected chi connectivity index (χ4v) is 2.17. The van der Waals surface area contributed by atoms with Gasteiger partial charge >= 0.3 is 0 Å². The second-order valence-corrected chi connectivity index (χ2v) is 4.70. The molecule has 0 atom stereocenters. The zero-order valence-corrected chi connectivity index (χ0v) is 9.87. The highest BCUT2D eigenvalue weighted by Crippen LogP contribution is 2.41. The maximum atomic E-state index is 13.7. The summed E-state index contributed by atoms with van der Waals surface area (Å²) >= 11 is 0. The number of hydrogen-bond donors (Lipinski definition) is 1. The molecule has 0 aliphatic carbocycles. The SMILES string of the molecule is CN1C(=O)C(C)(C)c2cc(F)c(C(N)=O)cc21. The first-order valence-corrected chi connectivity index (χ1v) is 5.19. The molecule has 0 bridgehead atoms. The first kappa shape index (κ1) is 11.6. The molecule has 4 nitrogen and oxygen atoms in total. The molecular weight excluding hydrogens is 223 g/mol. The molecule has 1 aliphatic heterocycles. The fraction of sp³-hybridized carbons (Fsp3) is 0.333. The third kappa shape index (κ3) is 1.42. The van der Waals surface area contributed by atoms with Crippen LogP contribution in [0.5, 0.6) is 0 Å². The molecule has 1 aromatic rings. The summed E-state index contributed by atoms with van der Waals surface area (Å²) < 4.78 is 13.7. The molecule has 0 saturated carbocycles. The summed E-state index contributed by atoms with van der Waals surface area (Å²) in [6.45, 7) is 3.45. The number of rotatable bonds is 1. The first-order chi connectivity index (χ1) is 7.76. The Labute approximate surface area is 98.2 Å². The average Bonchev–Trinajstić information content (AvgIpc) is 2.40. The molecule has 17 heavy (non-hydrogen) atoms. The Hall–Kier alpha value is -1.91. The highest BCUT2D eigenvalue weighted by atomic mass is 19.1. The van der Waals surface area contributed by atoms with E-state index in [1.807, 2.05) is 0 Å². The van der Waals surface area contributed by atoms with E-state index in [2.05, 4.69) is 0 Å². The van der Waals surface area contributed by atoms with Crippen LogP contribution in [0.4, 0.5) is 10.1 Å². The second kappa shape index (κ2) is 3.29. The summed E-state index contributed by atoms with van der Waals surface area (Å²) in [5, 5.41) is 0. The molecular formula is C12H13FN2O2. The lowest BCUT2D eigenvalue weighted by atomic mass is 9.85. The second-order valence-electron chi connectivity index (χ2n) is 4.70. The minimum Gasteiger partial charge on any atom is -0.366 e. The van der Waals surface area contributed by atoms with Gasteiger partial charge in [-0.15, -0.1) is 0 Å². The number of anilines is 1. The largest absolute Gasteiger partial charge is 0.366 e. The predicted molar refractivity (Wildman–Crippen MR) is 61.4 cm³/mol. The number of fused-ring (bicyclic) bond motifs is 1. The van der Waals surface area contributed by atoms with Gasteiger partial charge in [0.25, 0.3) is 5.91 Å². The Morgan fingerprint density at radius 1 is 1.41 bits per heavy atom. The van der Waals surface area contributed by atoms with Crippen LogP contribution >= 0.6 is 0 Å². The lowest BCUT2D eigenvalue weighted by Gasteiger charge is -2.16. The quantitative estimate of drug-likeness (QED) is 0.795. The standard InChI is InChI=1S/C12H13FN2O2/c1-12(2)7-5-8(13)6(10(14)16)4-9(7)15(3)11(12)17/h4-5H,1-3H3,(H2,14,16). The number of amides is 2. The van der Waals surface area contributed by atoms with Gasteiger partial charge in [-0.1, -0.05) is 0 Å². The van der Waals surface area contributed by atoms with Crippen LogP contribution in [0.1, 0.15) is 29.8 Å². The number of nitrogens with zero attached hydrogens (tertiary/aromatic N) is 1. The molecule has 0 unspecified atom stereocenters. The van der Waals surface area contributed by atoms with Crippen LogP contribution in [0.25, 0.3) is 0 Å². The van der Waals surface area contributed by atoms with E-state index in [1.54, 1.807) is 20.9 Å². The zero-order valence-electron chi connectivity index (χ0n) is 9.87. The van der Waals surface area contributed by atoms with Crippen LogP contribution in [-0.4, -0.2) is 18.9 Å². The smallest absolute Gasteiger partial charge is 0.251 e.